The molecule has 0 fully saturated rings. The number of aromatic hydroxyl groups is 1. The minimum absolute atomic E-state index is 0.0597. The van der Waals surface area contributed by atoms with Gasteiger partial charge in [0.2, 0.25) is 0 Å². The van der Waals surface area contributed by atoms with Gasteiger partial charge in [0.15, 0.2) is 5.78 Å². The van der Waals surface area contributed by atoms with E-state index in [2.05, 4.69) is 4.72 Å². The van der Waals surface area contributed by atoms with Crippen LogP contribution < -0.4 is 10.5 Å². The summed E-state index contributed by atoms with van der Waals surface area (Å²) in [4.78, 5) is 12.3. The molecule has 142 valence electrons. The summed E-state index contributed by atoms with van der Waals surface area (Å²) in [5.41, 5.74) is 7.51. The topological polar surface area (TPSA) is 109 Å². The van der Waals surface area contributed by atoms with Gasteiger partial charge in [-0.1, -0.05) is 24.3 Å². The summed E-state index contributed by atoms with van der Waals surface area (Å²) in [6.07, 6.45) is 3.05. The van der Waals surface area contributed by atoms with E-state index in [0.29, 0.717) is 16.9 Å². The van der Waals surface area contributed by atoms with E-state index in [1.54, 1.807) is 42.5 Å². The third-order valence-electron chi connectivity index (χ3n) is 3.91. The van der Waals surface area contributed by atoms with Crippen LogP contribution in [0.1, 0.15) is 15.9 Å². The summed E-state index contributed by atoms with van der Waals surface area (Å²) in [6, 6.07) is 18.5. The maximum Gasteiger partial charge on any atom is 0.261 e. The van der Waals surface area contributed by atoms with E-state index >= 15 is 0 Å². The number of hydrogen-bond acceptors (Lipinski definition) is 5. The average molecular weight is 394 g/mol. The van der Waals surface area contributed by atoms with E-state index in [0.717, 1.165) is 5.56 Å². The third kappa shape index (κ3) is 4.77. The summed E-state index contributed by atoms with van der Waals surface area (Å²) in [5.74, 6) is -0.0713. The van der Waals surface area contributed by atoms with Crippen LogP contribution in [0.25, 0.3) is 6.08 Å². The Kier molecular flexibility index (Phi) is 5.47. The molecule has 0 aromatic heterocycles. The van der Waals surface area contributed by atoms with Crippen LogP contribution in [0.3, 0.4) is 0 Å². The van der Waals surface area contributed by atoms with Crippen molar-refractivity contribution in [3.05, 3.63) is 90.0 Å². The fourth-order valence-corrected chi connectivity index (χ4v) is 3.57. The van der Waals surface area contributed by atoms with Gasteiger partial charge in [-0.05, 0) is 66.2 Å². The van der Waals surface area contributed by atoms with Crippen molar-refractivity contribution in [1.82, 2.24) is 0 Å². The molecule has 7 heteroatoms. The molecule has 0 spiro atoms. The number of rotatable bonds is 6. The Morgan fingerprint density at radius 2 is 1.64 bits per heavy atom. The molecule has 0 aliphatic heterocycles. The lowest BCUT2D eigenvalue weighted by Gasteiger charge is -2.09. The summed E-state index contributed by atoms with van der Waals surface area (Å²) in [5, 5.41) is 9.26. The van der Waals surface area contributed by atoms with Crippen LogP contribution in [0.15, 0.2) is 83.8 Å². The van der Waals surface area contributed by atoms with Gasteiger partial charge in [-0.3, -0.25) is 9.52 Å². The van der Waals surface area contributed by atoms with Crippen molar-refractivity contribution in [2.24, 2.45) is 0 Å². The van der Waals surface area contributed by atoms with Gasteiger partial charge in [0.05, 0.1) is 4.90 Å². The van der Waals surface area contributed by atoms with Gasteiger partial charge in [0.25, 0.3) is 10.0 Å². The number of carbonyl (C=O) groups excluding carboxylic acids is 1. The highest BCUT2D eigenvalue weighted by atomic mass is 32.2. The molecule has 0 unspecified atom stereocenters. The molecule has 0 amide bonds. The number of allylic oxidation sites excluding steroid dienone is 1. The van der Waals surface area contributed by atoms with E-state index in [9.17, 15) is 18.3 Å². The van der Waals surface area contributed by atoms with Crippen molar-refractivity contribution in [3.63, 3.8) is 0 Å². The first kappa shape index (κ1) is 19.2. The second-order valence-electron chi connectivity index (χ2n) is 6.04. The maximum atomic E-state index is 12.4. The number of nitrogens with two attached hydrogens (primary N) is 1. The van der Waals surface area contributed by atoms with Crippen LogP contribution in [0.5, 0.6) is 5.75 Å². The van der Waals surface area contributed by atoms with Gasteiger partial charge in [-0.25, -0.2) is 8.42 Å². The van der Waals surface area contributed by atoms with Crippen molar-refractivity contribution in [2.75, 3.05) is 10.5 Å². The Morgan fingerprint density at radius 3 is 2.29 bits per heavy atom. The second-order valence-corrected chi connectivity index (χ2v) is 7.73. The molecular formula is C21H18N2O4S. The number of anilines is 2. The van der Waals surface area contributed by atoms with E-state index in [1.807, 2.05) is 0 Å². The number of nitrogens with one attached hydrogen (secondary N) is 1. The minimum Gasteiger partial charge on any atom is -0.508 e. The van der Waals surface area contributed by atoms with Crippen molar-refractivity contribution in [2.45, 2.75) is 4.90 Å². The maximum absolute atomic E-state index is 12.4. The lowest BCUT2D eigenvalue weighted by molar-refractivity contribution is 0.104. The molecule has 4 N–H and O–H groups in total. The van der Waals surface area contributed by atoms with Crippen LogP contribution in [0.4, 0.5) is 11.4 Å². The molecule has 0 saturated carbocycles. The monoisotopic (exact) mass is 394 g/mol. The van der Waals surface area contributed by atoms with Gasteiger partial charge in [0, 0.05) is 16.9 Å². The standard InChI is InChI=1S/C21H18N2O4S/c22-17-2-1-3-20(14-17)28(26,27)23-18-9-7-16(8-10-18)21(25)13-6-15-4-11-19(24)12-5-15/h1-14,23-24H,22H2. The number of ketones is 1. The lowest BCUT2D eigenvalue weighted by atomic mass is 10.1. The summed E-state index contributed by atoms with van der Waals surface area (Å²) in [6.45, 7) is 0. The number of phenols is 1. The number of nitrogen functional groups attached to an aromatic ring is 1. The molecule has 28 heavy (non-hydrogen) atoms. The first-order valence-electron chi connectivity index (χ1n) is 8.33. The molecule has 0 aliphatic carbocycles. The van der Waals surface area contributed by atoms with Crippen LogP contribution in [0.2, 0.25) is 0 Å². The van der Waals surface area contributed by atoms with Gasteiger partial charge in [-0.15, -0.1) is 0 Å². The fraction of sp³-hybridized carbons (Fsp3) is 0. The highest BCUT2D eigenvalue weighted by Crippen LogP contribution is 2.19. The molecule has 0 bridgehead atoms. The predicted molar refractivity (Wildman–Crippen MR) is 110 cm³/mol. The van der Waals surface area contributed by atoms with Crippen molar-refractivity contribution < 1.29 is 18.3 Å². The largest absolute Gasteiger partial charge is 0.508 e. The normalized spacial score (nSPS) is 11.4. The first-order chi connectivity index (χ1) is 13.3. The Hall–Kier alpha value is -3.58. The summed E-state index contributed by atoms with van der Waals surface area (Å²) < 4.78 is 27.2. The Balaban J connectivity index is 1.70. The van der Waals surface area contributed by atoms with Gasteiger partial charge >= 0.3 is 0 Å². The van der Waals surface area contributed by atoms with Crippen molar-refractivity contribution >= 4 is 33.3 Å². The molecule has 0 radical (unpaired) electrons. The minimum atomic E-state index is -3.77. The lowest BCUT2D eigenvalue weighted by Crippen LogP contribution is -2.13. The van der Waals surface area contributed by atoms with Gasteiger partial charge < -0.3 is 10.8 Å². The van der Waals surface area contributed by atoms with E-state index in [1.165, 1.54) is 42.5 Å². The van der Waals surface area contributed by atoms with Crippen LogP contribution in [-0.4, -0.2) is 19.3 Å². The summed E-state index contributed by atoms with van der Waals surface area (Å²) in [7, 11) is -3.77. The molecule has 0 saturated heterocycles. The number of hydrogen-bond donors (Lipinski definition) is 3. The van der Waals surface area contributed by atoms with E-state index < -0.39 is 10.0 Å². The van der Waals surface area contributed by atoms with Gasteiger partial charge in [-0.2, -0.15) is 0 Å². The highest BCUT2D eigenvalue weighted by molar-refractivity contribution is 7.92. The Morgan fingerprint density at radius 1 is 0.964 bits per heavy atom. The van der Waals surface area contributed by atoms with Crippen molar-refractivity contribution in [3.8, 4) is 5.75 Å². The predicted octanol–water partition coefficient (Wildman–Crippen LogP) is 3.67. The second kappa shape index (κ2) is 7.98. The number of carbonyl (C=O) groups is 1. The van der Waals surface area contributed by atoms with Crippen LogP contribution in [-0.2, 0) is 10.0 Å². The number of benzene rings is 3. The van der Waals surface area contributed by atoms with Crippen LogP contribution >= 0.6 is 0 Å². The molecule has 0 aliphatic rings. The number of sulfonamides is 1. The van der Waals surface area contributed by atoms with Gasteiger partial charge in [0.1, 0.15) is 5.75 Å². The molecule has 0 atom stereocenters. The number of phenolic OH excluding ortho intramolecular Hbond substituents is 1. The molecular weight excluding hydrogens is 376 g/mol. The van der Waals surface area contributed by atoms with Crippen LogP contribution in [0, 0.1) is 0 Å². The molecule has 3 aromatic carbocycles. The first-order valence-corrected chi connectivity index (χ1v) is 9.82. The summed E-state index contributed by atoms with van der Waals surface area (Å²) >= 11 is 0. The molecule has 0 heterocycles. The van der Waals surface area contributed by atoms with Crippen molar-refractivity contribution in [1.29, 1.82) is 0 Å². The smallest absolute Gasteiger partial charge is 0.261 e. The highest BCUT2D eigenvalue weighted by Gasteiger charge is 2.14. The average Bonchev–Trinajstić information content (AvgIpc) is 2.67. The third-order valence-corrected chi connectivity index (χ3v) is 5.29. The SMILES string of the molecule is Nc1cccc(S(=O)(=O)Nc2ccc(C(=O)C=Cc3ccc(O)cc3)cc2)c1. The Labute approximate surface area is 163 Å². The molecule has 6 nitrogen and oxygen atoms in total. The van der Waals surface area contributed by atoms with E-state index in [-0.39, 0.29) is 16.4 Å². The molecule has 3 rings (SSSR count). The molecule has 3 aromatic rings. The van der Waals surface area contributed by atoms with E-state index in [4.69, 9.17) is 5.73 Å². The fourth-order valence-electron chi connectivity index (χ4n) is 2.45. The zero-order valence-electron chi connectivity index (χ0n) is 14.7. The quantitative estimate of drug-likeness (QED) is 0.336. The zero-order chi connectivity index (χ0) is 20.1. The zero-order valence-corrected chi connectivity index (χ0v) is 15.6. The Bertz CT molecular complexity index is 1120.